The van der Waals surface area contributed by atoms with Crippen LogP contribution >= 0.6 is 0 Å². The SMILES string of the molecule is CC(=O)[C@H]1CC[C@H]2[C@@H]3CC[C@H]4CC(=O)CC[C@]4(C)[C@@H]3C(=O)C[C@]12C. The standard InChI is InChI=1S/C21H30O3/c1-12(22)16-6-7-17-15-5-4-13-10-14(23)8-9-20(13,2)19(15)18(24)11-21(16,17)3/h13,15-17,19H,4-11H2,1-3H3/t13-,15-,16+,17-,19-,20-,21+/m0/s1. The molecule has 4 fully saturated rings. The summed E-state index contributed by atoms with van der Waals surface area (Å²) in [4.78, 5) is 37.4. The minimum Gasteiger partial charge on any atom is -0.300 e. The van der Waals surface area contributed by atoms with Gasteiger partial charge in [0.25, 0.3) is 0 Å². The molecule has 0 N–H and O–H groups in total. The number of carbonyl (C=O) groups is 3. The average molecular weight is 330 g/mol. The van der Waals surface area contributed by atoms with Gasteiger partial charge in [-0.1, -0.05) is 13.8 Å². The summed E-state index contributed by atoms with van der Waals surface area (Å²) in [6.45, 7) is 6.21. The first-order chi connectivity index (χ1) is 11.3. The van der Waals surface area contributed by atoms with Crippen molar-refractivity contribution in [1.29, 1.82) is 0 Å². The van der Waals surface area contributed by atoms with Crippen LogP contribution in [0.4, 0.5) is 0 Å². The lowest BCUT2D eigenvalue weighted by Crippen LogP contribution is -2.57. The van der Waals surface area contributed by atoms with E-state index in [1.54, 1.807) is 6.92 Å². The third-order valence-corrected chi connectivity index (χ3v) is 8.66. The largest absolute Gasteiger partial charge is 0.300 e. The summed E-state index contributed by atoms with van der Waals surface area (Å²) in [6, 6.07) is 0. The zero-order valence-electron chi connectivity index (χ0n) is 15.3. The minimum absolute atomic E-state index is 0.0174. The minimum atomic E-state index is -0.113. The number of hydrogen-bond acceptors (Lipinski definition) is 3. The molecule has 0 spiro atoms. The third-order valence-electron chi connectivity index (χ3n) is 8.66. The van der Waals surface area contributed by atoms with E-state index in [9.17, 15) is 14.4 Å². The van der Waals surface area contributed by atoms with Crippen LogP contribution < -0.4 is 0 Å². The van der Waals surface area contributed by atoms with Gasteiger partial charge in [0.1, 0.15) is 17.3 Å². The highest BCUT2D eigenvalue weighted by Crippen LogP contribution is 2.66. The Morgan fingerprint density at radius 2 is 1.79 bits per heavy atom. The molecule has 0 heterocycles. The van der Waals surface area contributed by atoms with Gasteiger partial charge in [-0.05, 0) is 67.6 Å². The monoisotopic (exact) mass is 330 g/mol. The normalized spacial score (nSPS) is 50.9. The van der Waals surface area contributed by atoms with Crippen molar-refractivity contribution >= 4 is 17.3 Å². The van der Waals surface area contributed by atoms with Gasteiger partial charge in [-0.25, -0.2) is 0 Å². The Kier molecular flexibility index (Phi) is 3.61. The second-order valence-electron chi connectivity index (χ2n) is 9.66. The predicted molar refractivity (Wildman–Crippen MR) is 91.3 cm³/mol. The Labute approximate surface area is 144 Å². The molecule has 0 saturated heterocycles. The maximum Gasteiger partial charge on any atom is 0.137 e. The van der Waals surface area contributed by atoms with Crippen LogP contribution in [0.15, 0.2) is 0 Å². The Morgan fingerprint density at radius 3 is 2.50 bits per heavy atom. The first kappa shape index (κ1) is 16.5. The molecule has 0 unspecified atom stereocenters. The van der Waals surface area contributed by atoms with Crippen molar-refractivity contribution in [3.05, 3.63) is 0 Å². The van der Waals surface area contributed by atoms with Crippen molar-refractivity contribution in [1.82, 2.24) is 0 Å². The molecule has 0 bridgehead atoms. The molecule has 4 aliphatic carbocycles. The van der Waals surface area contributed by atoms with Crippen LogP contribution in [-0.4, -0.2) is 17.3 Å². The van der Waals surface area contributed by atoms with E-state index in [0.717, 1.165) is 32.1 Å². The molecular weight excluding hydrogens is 300 g/mol. The van der Waals surface area contributed by atoms with E-state index in [1.165, 1.54) is 0 Å². The molecule has 3 nitrogen and oxygen atoms in total. The molecule has 4 rings (SSSR count). The Bertz CT molecular complexity index is 608. The summed E-state index contributed by atoms with van der Waals surface area (Å²) in [6.07, 6.45) is 7.05. The summed E-state index contributed by atoms with van der Waals surface area (Å²) >= 11 is 0. The van der Waals surface area contributed by atoms with Crippen molar-refractivity contribution in [2.45, 2.75) is 72.1 Å². The summed E-state index contributed by atoms with van der Waals surface area (Å²) < 4.78 is 0. The lowest BCUT2D eigenvalue weighted by Gasteiger charge is -2.59. The Balaban J connectivity index is 1.69. The van der Waals surface area contributed by atoms with Crippen LogP contribution in [0.5, 0.6) is 0 Å². The lowest BCUT2D eigenvalue weighted by molar-refractivity contribution is -0.161. The fourth-order valence-electron chi connectivity index (χ4n) is 7.53. The maximum atomic E-state index is 13.3. The van der Waals surface area contributed by atoms with E-state index in [1.807, 2.05) is 0 Å². The van der Waals surface area contributed by atoms with Crippen LogP contribution in [0.25, 0.3) is 0 Å². The number of rotatable bonds is 1. The van der Waals surface area contributed by atoms with Crippen LogP contribution in [0, 0.1) is 40.4 Å². The molecule has 4 saturated carbocycles. The highest BCUT2D eigenvalue weighted by molar-refractivity contribution is 5.87. The van der Waals surface area contributed by atoms with Crippen molar-refractivity contribution in [2.75, 3.05) is 0 Å². The summed E-state index contributed by atoms with van der Waals surface area (Å²) in [7, 11) is 0. The average Bonchev–Trinajstić information content (AvgIpc) is 2.84. The van der Waals surface area contributed by atoms with Gasteiger partial charge in [0.15, 0.2) is 0 Å². The predicted octanol–water partition coefficient (Wildman–Crippen LogP) is 3.98. The van der Waals surface area contributed by atoms with E-state index in [0.29, 0.717) is 48.6 Å². The first-order valence-corrected chi connectivity index (χ1v) is 9.82. The zero-order chi connectivity index (χ0) is 17.3. The fourth-order valence-corrected chi connectivity index (χ4v) is 7.53. The van der Waals surface area contributed by atoms with Gasteiger partial charge in [0, 0.05) is 31.1 Å². The van der Waals surface area contributed by atoms with Crippen molar-refractivity contribution in [3.63, 3.8) is 0 Å². The van der Waals surface area contributed by atoms with Gasteiger partial charge in [-0.2, -0.15) is 0 Å². The molecule has 4 aliphatic rings. The van der Waals surface area contributed by atoms with E-state index >= 15 is 0 Å². The molecule has 0 aromatic heterocycles. The molecule has 0 amide bonds. The second-order valence-corrected chi connectivity index (χ2v) is 9.66. The van der Waals surface area contributed by atoms with Gasteiger partial charge in [0.2, 0.25) is 0 Å². The van der Waals surface area contributed by atoms with Crippen LogP contribution in [-0.2, 0) is 14.4 Å². The smallest absolute Gasteiger partial charge is 0.137 e. The molecular formula is C21H30O3. The molecule has 3 heteroatoms. The van der Waals surface area contributed by atoms with Crippen molar-refractivity contribution < 1.29 is 14.4 Å². The van der Waals surface area contributed by atoms with Gasteiger partial charge in [-0.3, -0.25) is 14.4 Å². The molecule has 0 aromatic carbocycles. The van der Waals surface area contributed by atoms with E-state index in [4.69, 9.17) is 0 Å². The van der Waals surface area contributed by atoms with E-state index in [-0.39, 0.29) is 28.4 Å². The highest BCUT2D eigenvalue weighted by Gasteiger charge is 2.63. The molecule has 132 valence electrons. The van der Waals surface area contributed by atoms with Crippen molar-refractivity contribution in [2.24, 2.45) is 40.4 Å². The molecule has 0 radical (unpaired) electrons. The molecule has 7 atom stereocenters. The van der Waals surface area contributed by atoms with Crippen molar-refractivity contribution in [3.8, 4) is 0 Å². The third kappa shape index (κ3) is 2.05. The van der Waals surface area contributed by atoms with Gasteiger partial charge in [-0.15, -0.1) is 0 Å². The zero-order valence-corrected chi connectivity index (χ0v) is 15.3. The summed E-state index contributed by atoms with van der Waals surface area (Å²) in [5.74, 6) is 2.63. The summed E-state index contributed by atoms with van der Waals surface area (Å²) in [5.41, 5.74) is -0.0959. The van der Waals surface area contributed by atoms with E-state index in [2.05, 4.69) is 13.8 Å². The molecule has 24 heavy (non-hydrogen) atoms. The quantitative estimate of drug-likeness (QED) is 0.730. The Morgan fingerprint density at radius 1 is 1.04 bits per heavy atom. The van der Waals surface area contributed by atoms with Gasteiger partial charge in [0.05, 0.1) is 0 Å². The number of Topliss-reactive ketones (excluding diaryl/α,β-unsaturated/α-hetero) is 3. The number of carbonyl (C=O) groups excluding carboxylic acids is 3. The van der Waals surface area contributed by atoms with Gasteiger partial charge < -0.3 is 0 Å². The maximum absolute atomic E-state index is 13.3. The first-order valence-electron chi connectivity index (χ1n) is 9.82. The highest BCUT2D eigenvalue weighted by atomic mass is 16.1. The lowest BCUT2D eigenvalue weighted by atomic mass is 9.44. The second kappa shape index (κ2) is 5.25. The van der Waals surface area contributed by atoms with Crippen LogP contribution in [0.3, 0.4) is 0 Å². The topological polar surface area (TPSA) is 51.2 Å². The number of hydrogen-bond donors (Lipinski definition) is 0. The Hall–Kier alpha value is -0.990. The molecule has 0 aliphatic heterocycles. The number of ketones is 3. The van der Waals surface area contributed by atoms with Gasteiger partial charge >= 0.3 is 0 Å². The van der Waals surface area contributed by atoms with E-state index < -0.39 is 0 Å². The number of fused-ring (bicyclic) bond motifs is 5. The fraction of sp³-hybridized carbons (Fsp3) is 0.857. The van der Waals surface area contributed by atoms with Crippen LogP contribution in [0.2, 0.25) is 0 Å². The van der Waals surface area contributed by atoms with Crippen LogP contribution in [0.1, 0.15) is 72.1 Å². The summed E-state index contributed by atoms with van der Waals surface area (Å²) in [5, 5.41) is 0. The molecule has 0 aromatic rings.